The summed E-state index contributed by atoms with van der Waals surface area (Å²) in [4.78, 5) is 16.2. The first-order chi connectivity index (χ1) is 11.6. The highest BCUT2D eigenvalue weighted by Gasteiger charge is 2.47. The molecule has 1 aromatic heterocycles. The van der Waals surface area contributed by atoms with E-state index in [1.54, 1.807) is 11.0 Å². The number of hydrogen-bond acceptors (Lipinski definition) is 4. The van der Waals surface area contributed by atoms with E-state index >= 15 is 0 Å². The van der Waals surface area contributed by atoms with Gasteiger partial charge in [0, 0.05) is 6.54 Å². The van der Waals surface area contributed by atoms with Crippen molar-refractivity contribution in [1.82, 2.24) is 14.3 Å². The normalized spacial score (nSPS) is 26.5. The molecule has 2 aliphatic rings. The molecule has 6 heteroatoms. The van der Waals surface area contributed by atoms with Gasteiger partial charge in [-0.2, -0.15) is 4.98 Å². The molecule has 24 heavy (non-hydrogen) atoms. The van der Waals surface area contributed by atoms with E-state index in [4.69, 9.17) is 9.47 Å². The Bertz CT molecular complexity index is 794. The third-order valence-electron chi connectivity index (χ3n) is 5.12. The van der Waals surface area contributed by atoms with Gasteiger partial charge in [0.2, 0.25) is 0 Å². The van der Waals surface area contributed by atoms with Gasteiger partial charge in [0.05, 0.1) is 31.1 Å². The minimum atomic E-state index is -0.197. The summed E-state index contributed by atoms with van der Waals surface area (Å²) >= 11 is 0. The van der Waals surface area contributed by atoms with E-state index < -0.39 is 0 Å². The van der Waals surface area contributed by atoms with Crippen LogP contribution in [-0.2, 0) is 16.0 Å². The lowest BCUT2D eigenvalue weighted by molar-refractivity contribution is -0.211. The van der Waals surface area contributed by atoms with Crippen LogP contribution in [0.15, 0.2) is 29.3 Å². The fraction of sp³-hybridized carbons (Fsp3) is 0.556. The van der Waals surface area contributed by atoms with Crippen LogP contribution >= 0.6 is 0 Å². The minimum absolute atomic E-state index is 0.114. The topological polar surface area (TPSA) is 58.3 Å². The monoisotopic (exact) mass is 329 g/mol. The van der Waals surface area contributed by atoms with Gasteiger partial charge in [-0.25, -0.2) is 14.2 Å². The standard InChI is InChI=1S/C18H23N3O3/c1-13-3-4-14(2)16(7-13)21-12-19-17(22)20(21)10-15-8-18(9-15)11-23-5-6-24-18/h3-4,7,12,15H,5-6,8-11H2,1-2H3. The van der Waals surface area contributed by atoms with Gasteiger partial charge in [0.25, 0.3) is 0 Å². The van der Waals surface area contributed by atoms with Crippen molar-refractivity contribution in [3.63, 3.8) is 0 Å². The van der Waals surface area contributed by atoms with Crippen molar-refractivity contribution in [1.29, 1.82) is 0 Å². The largest absolute Gasteiger partial charge is 0.376 e. The van der Waals surface area contributed by atoms with E-state index in [0.29, 0.717) is 32.3 Å². The molecule has 0 N–H and O–H groups in total. The van der Waals surface area contributed by atoms with Crippen molar-refractivity contribution in [2.24, 2.45) is 5.92 Å². The maximum atomic E-state index is 12.2. The molecular weight excluding hydrogens is 306 g/mol. The molecule has 0 bridgehead atoms. The van der Waals surface area contributed by atoms with Gasteiger partial charge in [0.1, 0.15) is 6.33 Å². The van der Waals surface area contributed by atoms with E-state index in [0.717, 1.165) is 24.1 Å². The molecule has 128 valence electrons. The van der Waals surface area contributed by atoms with Gasteiger partial charge >= 0.3 is 5.69 Å². The highest BCUT2D eigenvalue weighted by molar-refractivity contribution is 5.42. The molecule has 1 saturated heterocycles. The Morgan fingerprint density at radius 2 is 2.12 bits per heavy atom. The van der Waals surface area contributed by atoms with E-state index in [1.165, 1.54) is 5.56 Å². The lowest BCUT2D eigenvalue weighted by Gasteiger charge is -2.49. The number of hydrogen-bond donors (Lipinski definition) is 0. The first-order valence-electron chi connectivity index (χ1n) is 8.50. The molecule has 2 heterocycles. The van der Waals surface area contributed by atoms with E-state index in [1.807, 2.05) is 4.68 Å². The predicted molar refractivity (Wildman–Crippen MR) is 89.5 cm³/mol. The minimum Gasteiger partial charge on any atom is -0.376 e. The molecule has 1 aromatic carbocycles. The summed E-state index contributed by atoms with van der Waals surface area (Å²) in [7, 11) is 0. The molecule has 0 atom stereocenters. The molecule has 1 aliphatic carbocycles. The van der Waals surface area contributed by atoms with Gasteiger partial charge in [-0.05, 0) is 49.8 Å². The quantitative estimate of drug-likeness (QED) is 0.862. The Labute approximate surface area is 141 Å². The van der Waals surface area contributed by atoms with Gasteiger partial charge in [-0.3, -0.25) is 0 Å². The SMILES string of the molecule is Cc1ccc(C)c(-n2cnc(=O)n2CC2CC3(COCCO3)C2)c1. The molecule has 0 amide bonds. The summed E-state index contributed by atoms with van der Waals surface area (Å²) in [6.07, 6.45) is 3.51. The van der Waals surface area contributed by atoms with Crippen molar-refractivity contribution in [2.45, 2.75) is 38.8 Å². The Balaban J connectivity index is 1.56. The van der Waals surface area contributed by atoms with Crippen LogP contribution < -0.4 is 5.69 Å². The third kappa shape index (κ3) is 2.70. The summed E-state index contributed by atoms with van der Waals surface area (Å²) in [5.41, 5.74) is 2.99. The van der Waals surface area contributed by atoms with Crippen LogP contribution in [-0.4, -0.2) is 39.8 Å². The number of aryl methyl sites for hydroxylation is 2. The smallest absolute Gasteiger partial charge is 0.364 e. The molecule has 1 saturated carbocycles. The van der Waals surface area contributed by atoms with Crippen LogP contribution in [0.5, 0.6) is 0 Å². The van der Waals surface area contributed by atoms with E-state index in [9.17, 15) is 4.79 Å². The number of ether oxygens (including phenoxy) is 2. The number of benzene rings is 1. The zero-order chi connectivity index (χ0) is 16.7. The Morgan fingerprint density at radius 3 is 2.88 bits per heavy atom. The maximum Gasteiger partial charge on any atom is 0.364 e. The Hall–Kier alpha value is -1.92. The zero-order valence-corrected chi connectivity index (χ0v) is 14.2. The van der Waals surface area contributed by atoms with Gasteiger partial charge in [-0.1, -0.05) is 12.1 Å². The molecule has 2 fully saturated rings. The highest BCUT2D eigenvalue weighted by atomic mass is 16.6. The fourth-order valence-corrected chi connectivity index (χ4v) is 3.87. The Morgan fingerprint density at radius 1 is 1.29 bits per heavy atom. The zero-order valence-electron chi connectivity index (χ0n) is 14.2. The third-order valence-corrected chi connectivity index (χ3v) is 5.12. The molecule has 1 spiro atoms. The molecule has 2 aromatic rings. The van der Waals surface area contributed by atoms with Crippen LogP contribution in [0.25, 0.3) is 5.69 Å². The van der Waals surface area contributed by atoms with Crippen LogP contribution in [0.1, 0.15) is 24.0 Å². The average molecular weight is 329 g/mol. The number of nitrogens with zero attached hydrogens (tertiary/aromatic N) is 3. The Kier molecular flexibility index (Phi) is 3.81. The second-order valence-electron chi connectivity index (χ2n) is 7.10. The van der Waals surface area contributed by atoms with Gasteiger partial charge < -0.3 is 9.47 Å². The van der Waals surface area contributed by atoms with Gasteiger partial charge in [-0.15, -0.1) is 0 Å². The molecule has 6 nitrogen and oxygen atoms in total. The van der Waals surface area contributed by atoms with Crippen LogP contribution in [0, 0.1) is 19.8 Å². The average Bonchev–Trinajstić information content (AvgIpc) is 2.90. The first-order valence-corrected chi connectivity index (χ1v) is 8.50. The van der Waals surface area contributed by atoms with Crippen molar-refractivity contribution < 1.29 is 9.47 Å². The second-order valence-corrected chi connectivity index (χ2v) is 7.10. The lowest BCUT2D eigenvalue weighted by atomic mass is 9.71. The number of aromatic nitrogens is 3. The lowest BCUT2D eigenvalue weighted by Crippen LogP contribution is -2.54. The van der Waals surface area contributed by atoms with Crippen molar-refractivity contribution in [3.8, 4) is 5.69 Å². The van der Waals surface area contributed by atoms with Crippen molar-refractivity contribution >= 4 is 0 Å². The maximum absolute atomic E-state index is 12.2. The molecule has 1 aliphatic heterocycles. The predicted octanol–water partition coefficient (Wildman–Crippen LogP) is 1.85. The highest BCUT2D eigenvalue weighted by Crippen LogP contribution is 2.43. The van der Waals surface area contributed by atoms with Crippen LogP contribution in [0.3, 0.4) is 0 Å². The fourth-order valence-electron chi connectivity index (χ4n) is 3.87. The van der Waals surface area contributed by atoms with Crippen LogP contribution in [0.2, 0.25) is 0 Å². The number of rotatable bonds is 3. The molecule has 0 radical (unpaired) electrons. The molecule has 0 unspecified atom stereocenters. The van der Waals surface area contributed by atoms with Gasteiger partial charge in [0.15, 0.2) is 0 Å². The van der Waals surface area contributed by atoms with Crippen LogP contribution in [0.4, 0.5) is 0 Å². The summed E-state index contributed by atoms with van der Waals surface area (Å²) in [5, 5.41) is 0. The molecular formula is C18H23N3O3. The second kappa shape index (κ2) is 5.86. The summed E-state index contributed by atoms with van der Waals surface area (Å²) in [5.74, 6) is 0.421. The summed E-state index contributed by atoms with van der Waals surface area (Å²) < 4.78 is 15.1. The summed E-state index contributed by atoms with van der Waals surface area (Å²) in [6, 6.07) is 6.24. The summed E-state index contributed by atoms with van der Waals surface area (Å²) in [6.45, 7) is 6.80. The molecule has 4 rings (SSSR count). The van der Waals surface area contributed by atoms with E-state index in [2.05, 4.69) is 37.0 Å². The first kappa shape index (κ1) is 15.6. The van der Waals surface area contributed by atoms with E-state index in [-0.39, 0.29) is 11.3 Å². The van der Waals surface area contributed by atoms with Crippen molar-refractivity contribution in [3.05, 3.63) is 46.1 Å². The van der Waals surface area contributed by atoms with Crippen molar-refractivity contribution in [2.75, 3.05) is 19.8 Å².